The van der Waals surface area contributed by atoms with E-state index < -0.39 is 0 Å². The minimum Gasteiger partial charge on any atom is -0.497 e. The highest BCUT2D eigenvalue weighted by Gasteiger charge is 2.13. The third-order valence-electron chi connectivity index (χ3n) is 3.71. The van der Waals surface area contributed by atoms with Gasteiger partial charge in [0.15, 0.2) is 0 Å². The summed E-state index contributed by atoms with van der Waals surface area (Å²) in [6.07, 6.45) is 0. The summed E-state index contributed by atoms with van der Waals surface area (Å²) < 4.78 is 10.8. The van der Waals surface area contributed by atoms with Crippen LogP contribution < -0.4 is 9.47 Å². The maximum absolute atomic E-state index is 12.5. The molecule has 4 nitrogen and oxygen atoms in total. The zero-order chi connectivity index (χ0) is 16.8. The van der Waals surface area contributed by atoms with Crippen molar-refractivity contribution in [1.29, 1.82) is 0 Å². The molecule has 0 aliphatic rings. The Hall–Kier alpha value is -2.49. The third kappa shape index (κ3) is 4.49. The SMILES string of the molecule is COc1ccc(OCCN(C)C(=O)c2ccc(C)cc2C)cc1. The average molecular weight is 313 g/mol. The molecule has 23 heavy (non-hydrogen) atoms. The normalized spacial score (nSPS) is 10.3. The van der Waals surface area contributed by atoms with Crippen molar-refractivity contribution < 1.29 is 14.3 Å². The molecule has 0 saturated heterocycles. The Balaban J connectivity index is 1.88. The molecule has 2 aromatic carbocycles. The summed E-state index contributed by atoms with van der Waals surface area (Å²) in [5.74, 6) is 1.57. The van der Waals surface area contributed by atoms with Crippen molar-refractivity contribution in [3.05, 3.63) is 59.2 Å². The van der Waals surface area contributed by atoms with Gasteiger partial charge >= 0.3 is 0 Å². The molecule has 0 aliphatic carbocycles. The van der Waals surface area contributed by atoms with E-state index in [1.807, 2.05) is 56.3 Å². The Morgan fingerprint density at radius 3 is 2.30 bits per heavy atom. The van der Waals surface area contributed by atoms with Gasteiger partial charge in [0.25, 0.3) is 5.91 Å². The predicted molar refractivity (Wildman–Crippen MR) is 91.4 cm³/mol. The zero-order valence-corrected chi connectivity index (χ0v) is 14.1. The Bertz CT molecular complexity index is 665. The summed E-state index contributed by atoms with van der Waals surface area (Å²) in [7, 11) is 3.42. The predicted octanol–water partition coefficient (Wildman–Crippen LogP) is 3.46. The Morgan fingerprint density at radius 2 is 1.70 bits per heavy atom. The molecule has 0 N–H and O–H groups in total. The summed E-state index contributed by atoms with van der Waals surface area (Å²) in [4.78, 5) is 14.1. The van der Waals surface area contributed by atoms with E-state index in [0.29, 0.717) is 13.2 Å². The fourth-order valence-corrected chi connectivity index (χ4v) is 2.33. The molecular formula is C19H23NO3. The number of amides is 1. The topological polar surface area (TPSA) is 38.8 Å². The number of hydrogen-bond acceptors (Lipinski definition) is 3. The molecule has 2 rings (SSSR count). The fraction of sp³-hybridized carbons (Fsp3) is 0.316. The van der Waals surface area contributed by atoms with Crippen LogP contribution in [0.5, 0.6) is 11.5 Å². The van der Waals surface area contributed by atoms with Crippen molar-refractivity contribution in [2.75, 3.05) is 27.3 Å². The molecule has 0 atom stereocenters. The quantitative estimate of drug-likeness (QED) is 0.820. The van der Waals surface area contributed by atoms with E-state index in [1.165, 1.54) is 0 Å². The van der Waals surface area contributed by atoms with E-state index in [9.17, 15) is 4.79 Å². The van der Waals surface area contributed by atoms with Gasteiger partial charge in [-0.1, -0.05) is 17.7 Å². The number of aryl methyl sites for hydroxylation is 2. The first kappa shape index (κ1) is 16.9. The third-order valence-corrected chi connectivity index (χ3v) is 3.71. The highest BCUT2D eigenvalue weighted by molar-refractivity contribution is 5.95. The molecule has 1 amide bonds. The minimum absolute atomic E-state index is 0.0147. The molecule has 0 bridgehead atoms. The second-order valence-corrected chi connectivity index (χ2v) is 5.57. The van der Waals surface area contributed by atoms with Crippen molar-refractivity contribution >= 4 is 5.91 Å². The average Bonchev–Trinajstić information content (AvgIpc) is 2.55. The minimum atomic E-state index is 0.0147. The lowest BCUT2D eigenvalue weighted by Crippen LogP contribution is -2.31. The van der Waals surface area contributed by atoms with E-state index in [0.717, 1.165) is 28.2 Å². The van der Waals surface area contributed by atoms with E-state index >= 15 is 0 Å². The molecule has 0 saturated carbocycles. The van der Waals surface area contributed by atoms with Gasteiger partial charge in [0, 0.05) is 12.6 Å². The number of hydrogen-bond donors (Lipinski definition) is 0. The number of carbonyl (C=O) groups excluding carboxylic acids is 1. The van der Waals surface area contributed by atoms with Crippen molar-refractivity contribution in [3.8, 4) is 11.5 Å². The number of carbonyl (C=O) groups is 1. The van der Waals surface area contributed by atoms with Crippen molar-refractivity contribution in [2.24, 2.45) is 0 Å². The number of ether oxygens (including phenoxy) is 2. The van der Waals surface area contributed by atoms with Crippen molar-refractivity contribution in [2.45, 2.75) is 13.8 Å². The maximum atomic E-state index is 12.5. The first-order chi connectivity index (χ1) is 11.0. The van der Waals surface area contributed by atoms with Gasteiger partial charge in [-0.2, -0.15) is 0 Å². The number of methoxy groups -OCH3 is 1. The largest absolute Gasteiger partial charge is 0.497 e. The summed E-state index contributed by atoms with van der Waals surface area (Å²) in [6.45, 7) is 4.95. The molecule has 0 unspecified atom stereocenters. The lowest BCUT2D eigenvalue weighted by Gasteiger charge is -2.19. The second kappa shape index (κ2) is 7.68. The Labute approximate surface area is 137 Å². The number of benzene rings is 2. The van der Waals surface area contributed by atoms with Crippen LogP contribution in [0.3, 0.4) is 0 Å². The van der Waals surface area contributed by atoms with Crippen LogP contribution in [0.4, 0.5) is 0 Å². The number of rotatable bonds is 6. The molecule has 122 valence electrons. The molecule has 4 heteroatoms. The first-order valence-electron chi connectivity index (χ1n) is 7.61. The molecule has 2 aromatic rings. The standard InChI is InChI=1S/C19H23NO3/c1-14-5-10-18(15(2)13-14)19(21)20(3)11-12-23-17-8-6-16(22-4)7-9-17/h5-10,13H,11-12H2,1-4H3. The van der Waals surface area contributed by atoms with Crippen LogP contribution in [0, 0.1) is 13.8 Å². The van der Waals surface area contributed by atoms with Crippen LogP contribution >= 0.6 is 0 Å². The maximum Gasteiger partial charge on any atom is 0.253 e. The molecule has 0 radical (unpaired) electrons. The highest BCUT2D eigenvalue weighted by Crippen LogP contribution is 2.17. The van der Waals surface area contributed by atoms with Gasteiger partial charge < -0.3 is 14.4 Å². The molecule has 0 aliphatic heterocycles. The van der Waals surface area contributed by atoms with E-state index in [4.69, 9.17) is 9.47 Å². The van der Waals surface area contributed by atoms with Crippen LogP contribution in [0.1, 0.15) is 21.5 Å². The number of likely N-dealkylation sites (N-methyl/N-ethyl adjacent to an activating group) is 1. The van der Waals surface area contributed by atoms with Crippen LogP contribution in [0.2, 0.25) is 0 Å². The van der Waals surface area contributed by atoms with Gasteiger partial charge in [0.2, 0.25) is 0 Å². The van der Waals surface area contributed by atoms with E-state index in [2.05, 4.69) is 0 Å². The Kier molecular flexibility index (Phi) is 5.63. The van der Waals surface area contributed by atoms with Crippen LogP contribution in [0.15, 0.2) is 42.5 Å². The van der Waals surface area contributed by atoms with Crippen LogP contribution in [-0.2, 0) is 0 Å². The highest BCUT2D eigenvalue weighted by atomic mass is 16.5. The van der Waals surface area contributed by atoms with E-state index in [1.54, 1.807) is 19.1 Å². The monoisotopic (exact) mass is 313 g/mol. The summed E-state index contributed by atoms with van der Waals surface area (Å²) in [6, 6.07) is 13.3. The first-order valence-corrected chi connectivity index (χ1v) is 7.61. The van der Waals surface area contributed by atoms with E-state index in [-0.39, 0.29) is 5.91 Å². The Morgan fingerprint density at radius 1 is 1.04 bits per heavy atom. The lowest BCUT2D eigenvalue weighted by molar-refractivity contribution is 0.0773. The van der Waals surface area contributed by atoms with Gasteiger partial charge in [-0.15, -0.1) is 0 Å². The van der Waals surface area contributed by atoms with Gasteiger partial charge in [-0.3, -0.25) is 4.79 Å². The summed E-state index contributed by atoms with van der Waals surface area (Å²) in [5, 5.41) is 0. The van der Waals surface area contributed by atoms with Gasteiger partial charge in [-0.25, -0.2) is 0 Å². The summed E-state index contributed by atoms with van der Waals surface area (Å²) >= 11 is 0. The number of nitrogens with zero attached hydrogens (tertiary/aromatic N) is 1. The van der Waals surface area contributed by atoms with Gasteiger partial charge in [-0.05, 0) is 49.7 Å². The second-order valence-electron chi connectivity index (χ2n) is 5.57. The fourth-order valence-electron chi connectivity index (χ4n) is 2.33. The molecule has 0 fully saturated rings. The molecule has 0 spiro atoms. The lowest BCUT2D eigenvalue weighted by atomic mass is 10.0. The zero-order valence-electron chi connectivity index (χ0n) is 14.1. The van der Waals surface area contributed by atoms with Crippen molar-refractivity contribution in [1.82, 2.24) is 4.90 Å². The van der Waals surface area contributed by atoms with Crippen LogP contribution in [0.25, 0.3) is 0 Å². The smallest absolute Gasteiger partial charge is 0.253 e. The van der Waals surface area contributed by atoms with Gasteiger partial charge in [0.1, 0.15) is 18.1 Å². The van der Waals surface area contributed by atoms with Crippen LogP contribution in [-0.4, -0.2) is 38.1 Å². The van der Waals surface area contributed by atoms with Gasteiger partial charge in [0.05, 0.1) is 13.7 Å². The molecular weight excluding hydrogens is 290 g/mol. The molecule has 0 heterocycles. The molecule has 0 aromatic heterocycles. The van der Waals surface area contributed by atoms with Crippen molar-refractivity contribution in [3.63, 3.8) is 0 Å². The summed E-state index contributed by atoms with van der Waals surface area (Å²) in [5.41, 5.74) is 2.89.